The smallest absolute Gasteiger partial charge is 0.338 e. The van der Waals surface area contributed by atoms with Gasteiger partial charge in [0.15, 0.2) is 11.7 Å². The summed E-state index contributed by atoms with van der Waals surface area (Å²) in [6.45, 7) is 6.14. The van der Waals surface area contributed by atoms with Crippen LogP contribution in [0.1, 0.15) is 41.3 Å². The lowest BCUT2D eigenvalue weighted by Crippen LogP contribution is -2.37. The van der Waals surface area contributed by atoms with Gasteiger partial charge in [-0.2, -0.15) is 0 Å². The van der Waals surface area contributed by atoms with Crippen LogP contribution in [0.4, 0.5) is 5.69 Å². The molecule has 0 fully saturated rings. The van der Waals surface area contributed by atoms with Crippen LogP contribution >= 0.6 is 12.2 Å². The van der Waals surface area contributed by atoms with Crippen molar-refractivity contribution in [2.45, 2.75) is 33.6 Å². The monoisotopic (exact) mass is 414 g/mol. The molecule has 0 saturated carbocycles. The molecule has 0 aromatic heterocycles. The van der Waals surface area contributed by atoms with Gasteiger partial charge in [0.1, 0.15) is 5.75 Å². The molecule has 0 bridgehead atoms. The third-order valence-corrected chi connectivity index (χ3v) is 4.25. The van der Waals surface area contributed by atoms with Crippen LogP contribution in [0.2, 0.25) is 0 Å². The molecule has 0 saturated heterocycles. The highest BCUT2D eigenvalue weighted by molar-refractivity contribution is 7.80. The molecular formula is C22H26N2O4S. The van der Waals surface area contributed by atoms with Crippen molar-refractivity contribution in [3.05, 3.63) is 59.2 Å². The Morgan fingerprint density at radius 2 is 1.90 bits per heavy atom. The highest BCUT2D eigenvalue weighted by atomic mass is 32.1. The van der Waals surface area contributed by atoms with Gasteiger partial charge in [-0.3, -0.25) is 10.1 Å². The molecule has 1 amide bonds. The van der Waals surface area contributed by atoms with Gasteiger partial charge in [-0.05, 0) is 67.9 Å². The fraction of sp³-hybridized carbons (Fsp3) is 0.318. The Morgan fingerprint density at radius 1 is 1.10 bits per heavy atom. The van der Waals surface area contributed by atoms with E-state index >= 15 is 0 Å². The summed E-state index contributed by atoms with van der Waals surface area (Å²) in [7, 11) is 0. The van der Waals surface area contributed by atoms with E-state index in [1.54, 1.807) is 24.3 Å². The van der Waals surface area contributed by atoms with E-state index in [1.165, 1.54) is 0 Å². The summed E-state index contributed by atoms with van der Waals surface area (Å²) in [5.74, 6) is -0.106. The first-order chi connectivity index (χ1) is 13.9. The quantitative estimate of drug-likeness (QED) is 0.384. The Bertz CT molecular complexity index is 883. The van der Waals surface area contributed by atoms with E-state index in [4.69, 9.17) is 21.7 Å². The third-order valence-electron chi connectivity index (χ3n) is 4.04. The number of esters is 1. The van der Waals surface area contributed by atoms with Gasteiger partial charge in [0.2, 0.25) is 0 Å². The van der Waals surface area contributed by atoms with Crippen molar-refractivity contribution in [3.63, 3.8) is 0 Å². The summed E-state index contributed by atoms with van der Waals surface area (Å²) in [6.07, 6.45) is 1.78. The number of carbonyl (C=O) groups is 2. The first-order valence-corrected chi connectivity index (χ1v) is 9.88. The van der Waals surface area contributed by atoms with Crippen LogP contribution in [0.3, 0.4) is 0 Å². The number of rotatable bonds is 8. The Hall–Kier alpha value is -2.93. The number of hydrogen-bond acceptors (Lipinski definition) is 5. The van der Waals surface area contributed by atoms with E-state index in [1.807, 2.05) is 39.0 Å². The van der Waals surface area contributed by atoms with Gasteiger partial charge in [0.05, 0.1) is 12.2 Å². The summed E-state index contributed by atoms with van der Waals surface area (Å²) < 4.78 is 10.8. The minimum absolute atomic E-state index is 0.121. The van der Waals surface area contributed by atoms with Crippen LogP contribution in [0, 0.1) is 13.8 Å². The van der Waals surface area contributed by atoms with E-state index in [9.17, 15) is 9.59 Å². The van der Waals surface area contributed by atoms with Crippen molar-refractivity contribution < 1.29 is 19.1 Å². The van der Waals surface area contributed by atoms with Gasteiger partial charge < -0.3 is 14.8 Å². The summed E-state index contributed by atoms with van der Waals surface area (Å²) in [6, 6.07) is 12.5. The number of anilines is 1. The number of amides is 1. The molecule has 0 heterocycles. The van der Waals surface area contributed by atoms with E-state index < -0.39 is 0 Å². The zero-order valence-electron chi connectivity index (χ0n) is 16.9. The highest BCUT2D eigenvalue weighted by Crippen LogP contribution is 2.18. The Morgan fingerprint density at radius 3 is 2.66 bits per heavy atom. The topological polar surface area (TPSA) is 76.7 Å². The lowest BCUT2D eigenvalue weighted by atomic mass is 10.1. The molecule has 0 aliphatic carbocycles. The van der Waals surface area contributed by atoms with E-state index in [0.717, 1.165) is 24.0 Å². The van der Waals surface area contributed by atoms with Gasteiger partial charge in [-0.1, -0.05) is 31.5 Å². The summed E-state index contributed by atoms with van der Waals surface area (Å²) in [5, 5.41) is 5.58. The van der Waals surface area contributed by atoms with Crippen molar-refractivity contribution in [1.29, 1.82) is 0 Å². The predicted octanol–water partition coefficient (Wildman–Crippen LogP) is 4.15. The molecule has 0 aliphatic heterocycles. The van der Waals surface area contributed by atoms with E-state index in [0.29, 0.717) is 23.6 Å². The maximum Gasteiger partial charge on any atom is 0.338 e. The molecule has 2 N–H and O–H groups in total. The molecule has 0 radical (unpaired) electrons. The minimum Gasteiger partial charge on any atom is -0.483 e. The largest absolute Gasteiger partial charge is 0.483 e. The maximum absolute atomic E-state index is 12.1. The van der Waals surface area contributed by atoms with Crippen LogP contribution in [0.25, 0.3) is 0 Å². The van der Waals surface area contributed by atoms with Crippen molar-refractivity contribution >= 4 is 34.9 Å². The van der Waals surface area contributed by atoms with Crippen LogP contribution in [-0.4, -0.2) is 30.2 Å². The number of ether oxygens (including phenoxy) is 2. The average Bonchev–Trinajstić information content (AvgIpc) is 2.69. The molecule has 0 unspecified atom stereocenters. The van der Waals surface area contributed by atoms with Crippen LogP contribution < -0.4 is 15.4 Å². The molecule has 6 nitrogen and oxygen atoms in total. The molecule has 0 spiro atoms. The second-order valence-corrected chi connectivity index (χ2v) is 7.04. The second kappa shape index (κ2) is 11.2. The van der Waals surface area contributed by atoms with Crippen molar-refractivity contribution in [2.24, 2.45) is 0 Å². The molecule has 2 aromatic carbocycles. The Kier molecular flexibility index (Phi) is 8.61. The number of aryl methyl sites for hydroxylation is 2. The van der Waals surface area contributed by atoms with Crippen molar-refractivity contribution in [3.8, 4) is 5.75 Å². The molecule has 7 heteroatoms. The predicted molar refractivity (Wildman–Crippen MR) is 117 cm³/mol. The first-order valence-electron chi connectivity index (χ1n) is 9.47. The number of benzene rings is 2. The van der Waals surface area contributed by atoms with E-state index in [-0.39, 0.29) is 23.6 Å². The number of nitrogens with one attached hydrogen (secondary N) is 2. The summed E-state index contributed by atoms with van der Waals surface area (Å²) in [4.78, 5) is 24.1. The molecule has 0 atom stereocenters. The Balaban J connectivity index is 1.85. The number of hydrogen-bond donors (Lipinski definition) is 2. The van der Waals surface area contributed by atoms with Crippen LogP contribution in [0.15, 0.2) is 42.5 Å². The number of unbranched alkanes of at least 4 members (excludes halogenated alkanes) is 1. The highest BCUT2D eigenvalue weighted by Gasteiger charge is 2.10. The second-order valence-electron chi connectivity index (χ2n) is 6.63. The van der Waals surface area contributed by atoms with Gasteiger partial charge in [0.25, 0.3) is 5.91 Å². The zero-order chi connectivity index (χ0) is 21.2. The SMILES string of the molecule is CCCCOC(=O)c1cccc(NC(=S)NC(=O)COc2cc(C)ccc2C)c1. The lowest BCUT2D eigenvalue weighted by molar-refractivity contribution is -0.121. The fourth-order valence-electron chi connectivity index (χ4n) is 2.45. The third kappa shape index (κ3) is 7.54. The van der Waals surface area contributed by atoms with Crippen molar-refractivity contribution in [2.75, 3.05) is 18.5 Å². The van der Waals surface area contributed by atoms with E-state index in [2.05, 4.69) is 10.6 Å². The summed E-state index contributed by atoms with van der Waals surface area (Å²) >= 11 is 5.17. The summed E-state index contributed by atoms with van der Waals surface area (Å²) in [5.41, 5.74) is 3.00. The maximum atomic E-state index is 12.1. The molecule has 29 heavy (non-hydrogen) atoms. The van der Waals surface area contributed by atoms with Gasteiger partial charge in [-0.25, -0.2) is 4.79 Å². The first kappa shape index (κ1) is 22.4. The lowest BCUT2D eigenvalue weighted by Gasteiger charge is -2.12. The molecule has 0 aliphatic rings. The van der Waals surface area contributed by atoms with Gasteiger partial charge in [0, 0.05) is 5.69 Å². The molecule has 154 valence electrons. The normalized spacial score (nSPS) is 10.2. The van der Waals surface area contributed by atoms with Crippen LogP contribution in [-0.2, 0) is 9.53 Å². The fourth-order valence-corrected chi connectivity index (χ4v) is 2.68. The molecule has 2 aromatic rings. The molecular weight excluding hydrogens is 388 g/mol. The minimum atomic E-state index is -0.390. The van der Waals surface area contributed by atoms with Crippen molar-refractivity contribution in [1.82, 2.24) is 5.32 Å². The standard InChI is InChI=1S/C22H26N2O4S/c1-4-5-11-27-21(26)17-7-6-8-18(13-17)23-22(29)24-20(25)14-28-19-12-15(2)9-10-16(19)3/h6-10,12-13H,4-5,11,14H2,1-3H3,(H2,23,24,25,29). The molecule has 2 rings (SSSR count). The average molecular weight is 415 g/mol. The number of thiocarbonyl (C=S) groups is 1. The zero-order valence-corrected chi connectivity index (χ0v) is 17.7. The number of carbonyl (C=O) groups excluding carboxylic acids is 2. The van der Waals surface area contributed by atoms with Gasteiger partial charge >= 0.3 is 5.97 Å². The van der Waals surface area contributed by atoms with Gasteiger partial charge in [-0.15, -0.1) is 0 Å². The van der Waals surface area contributed by atoms with Crippen LogP contribution in [0.5, 0.6) is 5.75 Å². The Labute approximate surface area is 176 Å².